The van der Waals surface area contributed by atoms with E-state index in [0.29, 0.717) is 5.56 Å². The molecule has 196 valence electrons. The summed E-state index contributed by atoms with van der Waals surface area (Å²) in [6.07, 6.45) is 1.07. The minimum atomic E-state index is -1.26. The number of hydrogen-bond acceptors (Lipinski definition) is 6. The summed E-state index contributed by atoms with van der Waals surface area (Å²) < 4.78 is 0. The van der Waals surface area contributed by atoms with Gasteiger partial charge in [-0.2, -0.15) is 0 Å². The van der Waals surface area contributed by atoms with Gasteiger partial charge in [-0.15, -0.1) is 0 Å². The zero-order chi connectivity index (χ0) is 27.0. The predicted octanol–water partition coefficient (Wildman–Crippen LogP) is 0.117. The molecular formula is C24H33N5O7. The van der Waals surface area contributed by atoms with E-state index in [1.807, 2.05) is 24.3 Å². The van der Waals surface area contributed by atoms with Gasteiger partial charge in [0.2, 0.25) is 17.7 Å². The molecule has 12 heteroatoms. The highest BCUT2D eigenvalue weighted by atomic mass is 16.4. The lowest BCUT2D eigenvalue weighted by Crippen LogP contribution is -2.57. The number of amides is 3. The minimum Gasteiger partial charge on any atom is -0.481 e. The maximum Gasteiger partial charge on any atom is 0.326 e. The van der Waals surface area contributed by atoms with Crippen LogP contribution in [0.2, 0.25) is 0 Å². The molecule has 2 aromatic rings. The number of carbonyl (C=O) groups excluding carboxylic acids is 3. The number of rotatable bonds is 13. The standard InChI is InChI=1S/C24H33N5O7/c1-12(2)20(25)23(34)28-17(8-9-19(30)31)22(33)27-13(3)21(32)29-18(24(35)36)10-14-11-26-16-7-5-4-6-15(14)16/h4-7,11-13,17-18,20,26H,8-10,25H2,1-3H3,(H,27,33)(H,28,34)(H,29,32)(H,30,31)(H,35,36). The fourth-order valence-electron chi connectivity index (χ4n) is 3.50. The topological polar surface area (TPSA) is 204 Å². The number of nitrogens with two attached hydrogens (primary N) is 1. The van der Waals surface area contributed by atoms with Crippen LogP contribution in [0.25, 0.3) is 10.9 Å². The summed E-state index contributed by atoms with van der Waals surface area (Å²) in [4.78, 5) is 63.6. The second-order valence-corrected chi connectivity index (χ2v) is 8.96. The molecule has 1 aromatic carbocycles. The van der Waals surface area contributed by atoms with Gasteiger partial charge in [-0.05, 0) is 30.9 Å². The smallest absolute Gasteiger partial charge is 0.326 e. The third kappa shape index (κ3) is 7.80. The number of hydrogen-bond donors (Lipinski definition) is 7. The highest BCUT2D eigenvalue weighted by molar-refractivity contribution is 5.94. The number of H-pyrrole nitrogens is 1. The van der Waals surface area contributed by atoms with Crippen molar-refractivity contribution in [3.8, 4) is 0 Å². The zero-order valence-electron chi connectivity index (χ0n) is 20.4. The van der Waals surface area contributed by atoms with Gasteiger partial charge in [-0.1, -0.05) is 32.0 Å². The molecule has 0 aliphatic rings. The van der Waals surface area contributed by atoms with E-state index in [0.717, 1.165) is 10.9 Å². The van der Waals surface area contributed by atoms with Gasteiger partial charge in [0, 0.05) is 29.9 Å². The summed E-state index contributed by atoms with van der Waals surface area (Å²) in [6, 6.07) is 2.76. The molecule has 0 aliphatic carbocycles. The summed E-state index contributed by atoms with van der Waals surface area (Å²) >= 11 is 0. The van der Waals surface area contributed by atoms with Gasteiger partial charge in [0.05, 0.1) is 6.04 Å². The van der Waals surface area contributed by atoms with Crippen molar-refractivity contribution in [2.24, 2.45) is 11.7 Å². The molecule has 8 N–H and O–H groups in total. The fourth-order valence-corrected chi connectivity index (χ4v) is 3.50. The molecular weight excluding hydrogens is 470 g/mol. The lowest BCUT2D eigenvalue weighted by atomic mass is 10.0. The number of aromatic amines is 1. The highest BCUT2D eigenvalue weighted by Gasteiger charge is 2.29. The Hall–Kier alpha value is -3.93. The SMILES string of the molecule is CC(NC(=O)C(CCC(=O)O)NC(=O)C(N)C(C)C)C(=O)NC(Cc1c[nH]c2ccccc12)C(=O)O. The highest BCUT2D eigenvalue weighted by Crippen LogP contribution is 2.19. The third-order valence-electron chi connectivity index (χ3n) is 5.77. The molecule has 0 saturated heterocycles. The number of carboxylic acids is 2. The van der Waals surface area contributed by atoms with Gasteiger partial charge in [0.25, 0.3) is 0 Å². The number of nitrogens with one attached hydrogen (secondary N) is 4. The van der Waals surface area contributed by atoms with Gasteiger partial charge in [0.15, 0.2) is 0 Å². The van der Waals surface area contributed by atoms with Crippen LogP contribution in [0, 0.1) is 5.92 Å². The van der Waals surface area contributed by atoms with E-state index in [2.05, 4.69) is 20.9 Å². The Kier molecular flexibility index (Phi) is 9.97. The summed E-state index contributed by atoms with van der Waals surface area (Å²) in [5, 5.41) is 26.7. The second-order valence-electron chi connectivity index (χ2n) is 8.96. The second kappa shape index (κ2) is 12.7. The normalized spacial score (nSPS) is 14.5. The maximum atomic E-state index is 12.8. The average Bonchev–Trinajstić information content (AvgIpc) is 3.22. The number of benzene rings is 1. The van der Waals surface area contributed by atoms with Crippen molar-refractivity contribution < 1.29 is 34.2 Å². The Labute approximate surface area is 208 Å². The number of fused-ring (bicyclic) bond motifs is 1. The number of aromatic nitrogens is 1. The van der Waals surface area contributed by atoms with Crippen LogP contribution >= 0.6 is 0 Å². The van der Waals surface area contributed by atoms with Gasteiger partial charge in [-0.3, -0.25) is 19.2 Å². The van der Waals surface area contributed by atoms with E-state index in [-0.39, 0.29) is 18.8 Å². The molecule has 4 unspecified atom stereocenters. The van der Waals surface area contributed by atoms with E-state index in [9.17, 15) is 29.1 Å². The Bertz CT molecular complexity index is 1110. The first-order valence-corrected chi connectivity index (χ1v) is 11.6. The largest absolute Gasteiger partial charge is 0.481 e. The molecule has 36 heavy (non-hydrogen) atoms. The van der Waals surface area contributed by atoms with Crippen molar-refractivity contribution >= 4 is 40.6 Å². The van der Waals surface area contributed by atoms with Gasteiger partial charge in [0.1, 0.15) is 18.1 Å². The van der Waals surface area contributed by atoms with Crippen molar-refractivity contribution in [2.75, 3.05) is 0 Å². The Balaban J connectivity index is 2.05. The van der Waals surface area contributed by atoms with Crippen LogP contribution in [0.5, 0.6) is 0 Å². The average molecular weight is 504 g/mol. The Morgan fingerprint density at radius 1 is 0.917 bits per heavy atom. The van der Waals surface area contributed by atoms with Crippen molar-refractivity contribution in [1.29, 1.82) is 0 Å². The van der Waals surface area contributed by atoms with E-state index >= 15 is 0 Å². The molecule has 4 atom stereocenters. The van der Waals surface area contributed by atoms with Gasteiger partial charge >= 0.3 is 11.9 Å². The molecule has 0 spiro atoms. The molecule has 0 bridgehead atoms. The van der Waals surface area contributed by atoms with Crippen LogP contribution in [-0.2, 0) is 30.4 Å². The molecule has 2 rings (SSSR count). The van der Waals surface area contributed by atoms with Crippen molar-refractivity contribution in [3.63, 3.8) is 0 Å². The van der Waals surface area contributed by atoms with Crippen LogP contribution < -0.4 is 21.7 Å². The quantitative estimate of drug-likeness (QED) is 0.199. The van der Waals surface area contributed by atoms with E-state index in [4.69, 9.17) is 10.8 Å². The zero-order valence-corrected chi connectivity index (χ0v) is 20.4. The lowest BCUT2D eigenvalue weighted by Gasteiger charge is -2.24. The molecule has 12 nitrogen and oxygen atoms in total. The number of carbonyl (C=O) groups is 5. The maximum absolute atomic E-state index is 12.8. The Morgan fingerprint density at radius 3 is 2.17 bits per heavy atom. The van der Waals surface area contributed by atoms with Crippen LogP contribution in [0.3, 0.4) is 0 Å². The summed E-state index contributed by atoms with van der Waals surface area (Å²) in [7, 11) is 0. The molecule has 0 radical (unpaired) electrons. The monoisotopic (exact) mass is 503 g/mol. The van der Waals surface area contributed by atoms with E-state index < -0.39 is 60.2 Å². The van der Waals surface area contributed by atoms with Gasteiger partial charge < -0.3 is 36.9 Å². The first-order chi connectivity index (χ1) is 16.9. The van der Waals surface area contributed by atoms with E-state index in [1.165, 1.54) is 6.92 Å². The van der Waals surface area contributed by atoms with Gasteiger partial charge in [-0.25, -0.2) is 4.79 Å². The molecule has 0 fully saturated rings. The van der Waals surface area contributed by atoms with Crippen LogP contribution in [0.1, 0.15) is 39.2 Å². The summed E-state index contributed by atoms with van der Waals surface area (Å²) in [5.74, 6) is -4.80. The minimum absolute atomic E-state index is 0.0101. The van der Waals surface area contributed by atoms with Crippen LogP contribution in [0.4, 0.5) is 0 Å². The molecule has 0 saturated carbocycles. The van der Waals surface area contributed by atoms with Crippen molar-refractivity contribution in [1.82, 2.24) is 20.9 Å². The van der Waals surface area contributed by atoms with Crippen LogP contribution in [-0.4, -0.2) is 69.0 Å². The first-order valence-electron chi connectivity index (χ1n) is 11.6. The van der Waals surface area contributed by atoms with Crippen molar-refractivity contribution in [3.05, 3.63) is 36.0 Å². The molecule has 1 heterocycles. The first kappa shape index (κ1) is 28.3. The van der Waals surface area contributed by atoms with Crippen LogP contribution in [0.15, 0.2) is 30.5 Å². The molecule has 0 aliphatic heterocycles. The molecule has 3 amide bonds. The van der Waals surface area contributed by atoms with E-state index in [1.54, 1.807) is 20.0 Å². The predicted molar refractivity (Wildman–Crippen MR) is 131 cm³/mol. The fraction of sp³-hybridized carbons (Fsp3) is 0.458. The summed E-state index contributed by atoms with van der Waals surface area (Å²) in [6.45, 7) is 4.80. The Morgan fingerprint density at radius 2 is 1.56 bits per heavy atom. The summed E-state index contributed by atoms with van der Waals surface area (Å²) in [5.41, 5.74) is 7.34. The number of aliphatic carboxylic acids is 2. The number of para-hydroxylation sites is 1. The third-order valence-corrected chi connectivity index (χ3v) is 5.77. The van der Waals surface area contributed by atoms with Crippen molar-refractivity contribution in [2.45, 2.75) is 64.2 Å². The molecule has 1 aromatic heterocycles. The lowest BCUT2D eigenvalue weighted by molar-refractivity contribution is -0.142. The number of carboxylic acid groups (broad SMARTS) is 2.